The van der Waals surface area contributed by atoms with Crippen LogP contribution in [0, 0.1) is 0 Å². The minimum absolute atomic E-state index is 0.155. The topological polar surface area (TPSA) is 41.5 Å². The highest BCUT2D eigenvalue weighted by Crippen LogP contribution is 2.32. The zero-order valence-electron chi connectivity index (χ0n) is 10.5. The first-order valence-electron chi connectivity index (χ1n) is 5.90. The van der Waals surface area contributed by atoms with Gasteiger partial charge in [0.2, 0.25) is 0 Å². The van der Waals surface area contributed by atoms with Crippen molar-refractivity contribution in [1.82, 2.24) is 5.32 Å². The molecule has 0 radical (unpaired) electrons. The Hall–Kier alpha value is -1.27. The number of rotatable bonds is 2. The van der Waals surface area contributed by atoms with Gasteiger partial charge in [-0.05, 0) is 47.5 Å². The summed E-state index contributed by atoms with van der Waals surface area (Å²) in [5, 5.41) is 6.19. The van der Waals surface area contributed by atoms with Gasteiger partial charge >= 0.3 is 0 Å². The number of hydrogen-bond acceptors (Lipinski definition) is 4. The van der Waals surface area contributed by atoms with E-state index < -0.39 is 0 Å². The van der Waals surface area contributed by atoms with Crippen LogP contribution in [0.2, 0.25) is 10.0 Å². The van der Waals surface area contributed by atoms with E-state index in [-0.39, 0.29) is 5.91 Å². The molecule has 106 valence electrons. The SMILES string of the molecule is O=C1NC(=Nc2ccc(Cl)cc2Cl)S/C1=C\c1cccs1. The summed E-state index contributed by atoms with van der Waals surface area (Å²) in [5.74, 6) is -0.155. The summed E-state index contributed by atoms with van der Waals surface area (Å²) in [6.07, 6.45) is 1.84. The largest absolute Gasteiger partial charge is 0.300 e. The second-order valence-electron chi connectivity index (χ2n) is 4.09. The van der Waals surface area contributed by atoms with Crippen molar-refractivity contribution in [2.45, 2.75) is 0 Å². The molecule has 7 heteroatoms. The van der Waals surface area contributed by atoms with E-state index in [1.807, 2.05) is 23.6 Å². The fourth-order valence-electron chi connectivity index (χ4n) is 1.66. The highest BCUT2D eigenvalue weighted by Gasteiger charge is 2.24. The van der Waals surface area contributed by atoms with Gasteiger partial charge in [0.15, 0.2) is 5.17 Å². The van der Waals surface area contributed by atoms with Gasteiger partial charge in [-0.1, -0.05) is 29.3 Å². The molecule has 1 amide bonds. The Labute approximate surface area is 139 Å². The molecule has 2 heterocycles. The molecule has 0 bridgehead atoms. The minimum atomic E-state index is -0.155. The smallest absolute Gasteiger partial charge is 0.264 e. The van der Waals surface area contributed by atoms with Crippen LogP contribution in [0.15, 0.2) is 45.6 Å². The number of nitrogens with one attached hydrogen (secondary N) is 1. The van der Waals surface area contributed by atoms with Crippen molar-refractivity contribution in [1.29, 1.82) is 0 Å². The van der Waals surface area contributed by atoms with Crippen LogP contribution in [0.3, 0.4) is 0 Å². The average Bonchev–Trinajstić information content (AvgIpc) is 3.04. The van der Waals surface area contributed by atoms with Gasteiger partial charge in [-0.2, -0.15) is 0 Å². The van der Waals surface area contributed by atoms with Gasteiger partial charge in [0.1, 0.15) is 0 Å². The second-order valence-corrected chi connectivity index (χ2v) is 6.95. The summed E-state index contributed by atoms with van der Waals surface area (Å²) >= 11 is 14.8. The molecule has 3 rings (SSSR count). The van der Waals surface area contributed by atoms with Crippen LogP contribution in [0.5, 0.6) is 0 Å². The van der Waals surface area contributed by atoms with Crippen molar-refractivity contribution >= 4 is 69.1 Å². The molecule has 1 aliphatic rings. The molecular formula is C14H8Cl2N2OS2. The number of nitrogens with zero attached hydrogens (tertiary/aromatic N) is 1. The number of carbonyl (C=O) groups excluding carboxylic acids is 1. The van der Waals surface area contributed by atoms with Crippen molar-refractivity contribution in [3.63, 3.8) is 0 Å². The van der Waals surface area contributed by atoms with E-state index in [9.17, 15) is 4.79 Å². The highest BCUT2D eigenvalue weighted by atomic mass is 35.5. The van der Waals surface area contributed by atoms with Gasteiger partial charge in [0, 0.05) is 9.90 Å². The lowest BCUT2D eigenvalue weighted by Gasteiger charge is -1.99. The predicted molar refractivity (Wildman–Crippen MR) is 91.6 cm³/mol. The van der Waals surface area contributed by atoms with E-state index in [0.717, 1.165) is 4.88 Å². The van der Waals surface area contributed by atoms with Gasteiger partial charge in [-0.3, -0.25) is 4.79 Å². The van der Waals surface area contributed by atoms with Crippen molar-refractivity contribution in [3.05, 3.63) is 55.5 Å². The maximum Gasteiger partial charge on any atom is 0.264 e. The molecular weight excluding hydrogens is 347 g/mol. The quantitative estimate of drug-likeness (QED) is 0.775. The number of amides is 1. The van der Waals surface area contributed by atoms with Crippen molar-refractivity contribution in [3.8, 4) is 0 Å². The predicted octanol–water partition coefficient (Wildman–Crippen LogP) is 4.95. The summed E-state index contributed by atoms with van der Waals surface area (Å²) in [6.45, 7) is 0. The Bertz CT molecular complexity index is 754. The van der Waals surface area contributed by atoms with E-state index in [1.54, 1.807) is 29.5 Å². The van der Waals surface area contributed by atoms with Gasteiger partial charge < -0.3 is 5.32 Å². The molecule has 21 heavy (non-hydrogen) atoms. The Morgan fingerprint density at radius 3 is 2.81 bits per heavy atom. The number of amidine groups is 1. The number of benzene rings is 1. The molecule has 3 nitrogen and oxygen atoms in total. The zero-order valence-corrected chi connectivity index (χ0v) is 13.6. The van der Waals surface area contributed by atoms with Crippen LogP contribution < -0.4 is 5.32 Å². The highest BCUT2D eigenvalue weighted by molar-refractivity contribution is 8.18. The molecule has 0 unspecified atom stereocenters. The molecule has 1 aromatic heterocycles. The standard InChI is InChI=1S/C14H8Cl2N2OS2/c15-8-3-4-11(10(16)6-8)17-14-18-13(19)12(21-14)7-9-2-1-5-20-9/h1-7H,(H,17,18,19)/b12-7-. The van der Waals surface area contributed by atoms with Crippen LogP contribution in [-0.2, 0) is 4.79 Å². The number of thioether (sulfide) groups is 1. The summed E-state index contributed by atoms with van der Waals surface area (Å²) in [6, 6.07) is 8.93. The zero-order chi connectivity index (χ0) is 14.8. The van der Waals surface area contributed by atoms with Gasteiger partial charge in [-0.15, -0.1) is 11.3 Å². The van der Waals surface area contributed by atoms with E-state index in [2.05, 4.69) is 10.3 Å². The third-order valence-corrected chi connectivity index (χ3v) is 4.87. The van der Waals surface area contributed by atoms with E-state index >= 15 is 0 Å². The van der Waals surface area contributed by atoms with Crippen molar-refractivity contribution in [2.75, 3.05) is 0 Å². The fraction of sp³-hybridized carbons (Fsp3) is 0. The number of thiophene rings is 1. The van der Waals surface area contributed by atoms with E-state index in [0.29, 0.717) is 25.8 Å². The Morgan fingerprint density at radius 1 is 1.24 bits per heavy atom. The Morgan fingerprint density at radius 2 is 2.10 bits per heavy atom. The molecule has 1 fully saturated rings. The second kappa shape index (κ2) is 6.23. The molecule has 2 aromatic rings. The molecule has 0 aliphatic carbocycles. The summed E-state index contributed by atoms with van der Waals surface area (Å²) in [5.41, 5.74) is 0.571. The Balaban J connectivity index is 1.85. The monoisotopic (exact) mass is 354 g/mol. The van der Waals surface area contributed by atoms with E-state index in [1.165, 1.54) is 11.8 Å². The lowest BCUT2D eigenvalue weighted by atomic mass is 10.3. The normalized spacial score (nSPS) is 18.5. The van der Waals surface area contributed by atoms with Crippen LogP contribution in [-0.4, -0.2) is 11.1 Å². The fourth-order valence-corrected chi connectivity index (χ4v) is 3.67. The average molecular weight is 355 g/mol. The first kappa shape index (κ1) is 14.7. The van der Waals surface area contributed by atoms with Gasteiger partial charge in [0.05, 0.1) is 15.6 Å². The summed E-state index contributed by atoms with van der Waals surface area (Å²) in [4.78, 5) is 17.9. The molecule has 0 atom stereocenters. The number of halogens is 2. The van der Waals surface area contributed by atoms with Crippen LogP contribution in [0.25, 0.3) is 6.08 Å². The maximum absolute atomic E-state index is 11.9. The first-order valence-corrected chi connectivity index (χ1v) is 8.35. The molecule has 1 aromatic carbocycles. The molecule has 1 N–H and O–H groups in total. The van der Waals surface area contributed by atoms with Crippen molar-refractivity contribution < 1.29 is 4.79 Å². The number of aliphatic imine (C=N–C) groups is 1. The number of hydrogen-bond donors (Lipinski definition) is 1. The lowest BCUT2D eigenvalue weighted by Crippen LogP contribution is -2.19. The van der Waals surface area contributed by atoms with Crippen molar-refractivity contribution in [2.24, 2.45) is 4.99 Å². The van der Waals surface area contributed by atoms with Gasteiger partial charge in [0.25, 0.3) is 5.91 Å². The lowest BCUT2D eigenvalue weighted by molar-refractivity contribution is -0.115. The molecule has 1 aliphatic heterocycles. The first-order chi connectivity index (χ1) is 10.1. The summed E-state index contributed by atoms with van der Waals surface area (Å²) < 4.78 is 0. The van der Waals surface area contributed by atoms with Crippen LogP contribution >= 0.6 is 46.3 Å². The maximum atomic E-state index is 11.9. The Kier molecular flexibility index (Phi) is 4.35. The van der Waals surface area contributed by atoms with Gasteiger partial charge in [-0.25, -0.2) is 4.99 Å². The molecule has 0 saturated carbocycles. The third-order valence-electron chi connectivity index (χ3n) is 2.60. The van der Waals surface area contributed by atoms with Crippen LogP contribution in [0.4, 0.5) is 5.69 Å². The number of carbonyl (C=O) groups is 1. The minimum Gasteiger partial charge on any atom is -0.300 e. The van der Waals surface area contributed by atoms with E-state index in [4.69, 9.17) is 23.2 Å². The third kappa shape index (κ3) is 3.49. The van der Waals surface area contributed by atoms with Crippen LogP contribution in [0.1, 0.15) is 4.88 Å². The molecule has 1 saturated heterocycles. The molecule has 0 spiro atoms. The summed E-state index contributed by atoms with van der Waals surface area (Å²) in [7, 11) is 0.